The molecule has 6 aliphatic rings. The van der Waals surface area contributed by atoms with E-state index in [-0.39, 0.29) is 128 Å². The Labute approximate surface area is 517 Å². The summed E-state index contributed by atoms with van der Waals surface area (Å²) in [6, 6.07) is 27.6. The number of phenols is 3. The molecule has 89 heavy (non-hydrogen) atoms. The van der Waals surface area contributed by atoms with Crippen LogP contribution in [-0.2, 0) is 27.2 Å². The highest BCUT2D eigenvalue weighted by Crippen LogP contribution is 2.70. The van der Waals surface area contributed by atoms with E-state index in [1.54, 1.807) is 24.3 Å². The number of allylic oxidation sites excluding steroid dienone is 1. The number of hydrogen-bond acceptors (Lipinski definition) is 14. The molecule has 13 rings (SSSR count). The summed E-state index contributed by atoms with van der Waals surface area (Å²) < 4.78 is 20.1. The van der Waals surface area contributed by atoms with Gasteiger partial charge in [0.25, 0.3) is 0 Å². The predicted octanol–water partition coefficient (Wildman–Crippen LogP) is 9.65. The van der Waals surface area contributed by atoms with Gasteiger partial charge in [-0.05, 0) is 189 Å². The van der Waals surface area contributed by atoms with E-state index < -0.39 is 47.3 Å². The van der Waals surface area contributed by atoms with Crippen molar-refractivity contribution in [1.29, 1.82) is 0 Å². The number of phenolic OH excluding ortho intramolecular Hbond substituents is 3. The fourth-order valence-corrected chi connectivity index (χ4v) is 17.9. The second-order valence-electron chi connectivity index (χ2n) is 26.5. The van der Waals surface area contributed by atoms with Crippen LogP contribution < -0.4 is 14.8 Å². The molecule has 3 aromatic heterocycles. The number of rotatable bonds is 13. The number of esters is 1. The van der Waals surface area contributed by atoms with Crippen molar-refractivity contribution in [3.63, 3.8) is 0 Å². The number of nitrogens with one attached hydrogen (secondary N) is 3. The summed E-state index contributed by atoms with van der Waals surface area (Å²) >= 11 is 0. The SMILES string of the molecule is COc1cc2c(cc1O)C1=CC3CC4(CC(CCCO)C5(C4)NC(C(C)O)CCC5n4c(-c5cccc(O)c5)cc5[nH]ccc54)C4CC(O)CCC4C3C2CC(=O)CC(C(O)Cc2ccc(O)c(OCCO)c2)OC(=O)CC#CCc2c1[nH]c1ccccc21. The summed E-state index contributed by atoms with van der Waals surface area (Å²) in [5, 5.41) is 95.2. The van der Waals surface area contributed by atoms with Gasteiger partial charge in [-0.25, -0.2) is 0 Å². The molecular weight excluding hydrogens is 1130 g/mol. The second-order valence-corrected chi connectivity index (χ2v) is 26.5. The van der Waals surface area contributed by atoms with Gasteiger partial charge in [-0.15, -0.1) is 0 Å². The molecule has 0 amide bonds. The van der Waals surface area contributed by atoms with Crippen LogP contribution in [0.5, 0.6) is 28.7 Å². The van der Waals surface area contributed by atoms with Crippen molar-refractivity contribution in [1.82, 2.24) is 19.9 Å². The van der Waals surface area contributed by atoms with E-state index >= 15 is 4.79 Å². The lowest BCUT2D eigenvalue weighted by Crippen LogP contribution is -2.64. The molecule has 4 fully saturated rings. The highest BCUT2D eigenvalue weighted by atomic mass is 16.6. The number of methoxy groups -OCH3 is 1. The van der Waals surface area contributed by atoms with Crippen LogP contribution in [0.3, 0.4) is 0 Å². The van der Waals surface area contributed by atoms with Gasteiger partial charge in [0.2, 0.25) is 0 Å². The Kier molecular flexibility index (Phi) is 16.7. The van der Waals surface area contributed by atoms with Crippen LogP contribution in [-0.4, -0.2) is 130 Å². The lowest BCUT2D eigenvalue weighted by molar-refractivity contribution is -0.155. The maximum atomic E-state index is 15.6. The van der Waals surface area contributed by atoms with Gasteiger partial charge in [0.1, 0.15) is 30.7 Å². The van der Waals surface area contributed by atoms with E-state index in [9.17, 15) is 45.6 Å². The van der Waals surface area contributed by atoms with Crippen LogP contribution >= 0.6 is 0 Å². The van der Waals surface area contributed by atoms with Crippen LogP contribution in [0.1, 0.15) is 130 Å². The number of carbonyl (C=O) groups excluding carboxylic acids is 2. The van der Waals surface area contributed by atoms with Gasteiger partial charge in [-0.2, -0.15) is 0 Å². The summed E-state index contributed by atoms with van der Waals surface area (Å²) in [6.07, 6.45) is 6.49. The molecule has 17 heteroatoms. The molecule has 0 radical (unpaired) electrons. The zero-order valence-corrected chi connectivity index (χ0v) is 50.5. The van der Waals surface area contributed by atoms with E-state index in [0.29, 0.717) is 56.9 Å². The van der Waals surface area contributed by atoms with Gasteiger partial charge in [-0.3, -0.25) is 9.59 Å². The number of aromatic nitrogens is 3. The van der Waals surface area contributed by atoms with Crippen LogP contribution in [0.4, 0.5) is 0 Å². The molecule has 3 saturated carbocycles. The summed E-state index contributed by atoms with van der Waals surface area (Å²) in [6.45, 7) is 1.51. The molecule has 2 spiro atoms. The first-order valence-electron chi connectivity index (χ1n) is 31.9. The third-order valence-electron chi connectivity index (χ3n) is 21.4. The number of fused-ring (bicyclic) bond motifs is 10. The van der Waals surface area contributed by atoms with Gasteiger partial charge in [0, 0.05) is 72.1 Å². The summed E-state index contributed by atoms with van der Waals surface area (Å²) in [5.41, 5.74) is 8.22. The average molecular weight is 1210 g/mol. The molecule has 2 aliphatic heterocycles. The minimum atomic E-state index is -1.38. The molecular formula is C72H82N4O13. The minimum Gasteiger partial charge on any atom is -0.508 e. The van der Waals surface area contributed by atoms with Gasteiger partial charge < -0.3 is 74.9 Å². The van der Waals surface area contributed by atoms with E-state index in [2.05, 4.69) is 56.0 Å². The van der Waals surface area contributed by atoms with Crippen molar-refractivity contribution in [2.45, 2.75) is 151 Å². The van der Waals surface area contributed by atoms with E-state index in [1.807, 2.05) is 55.6 Å². The Morgan fingerprint density at radius 1 is 0.854 bits per heavy atom. The van der Waals surface area contributed by atoms with Gasteiger partial charge in [0.05, 0.1) is 60.5 Å². The number of hydrogen-bond donors (Lipinski definition) is 11. The molecule has 4 aliphatic carbocycles. The number of aliphatic hydroxyl groups excluding tert-OH is 5. The Bertz CT molecular complexity index is 3890. The third kappa shape index (κ3) is 11.2. The fraction of sp³-hybridized carbons (Fsp3) is 0.472. The Hall–Kier alpha value is -7.56. The van der Waals surface area contributed by atoms with Gasteiger partial charge >= 0.3 is 5.97 Å². The number of ketones is 1. The summed E-state index contributed by atoms with van der Waals surface area (Å²) in [4.78, 5) is 36.9. The first kappa shape index (κ1) is 60.4. The number of carbonyl (C=O) groups is 2. The summed E-state index contributed by atoms with van der Waals surface area (Å²) in [5.74, 6) is 4.59. The van der Waals surface area contributed by atoms with Crippen molar-refractivity contribution in [2.75, 3.05) is 26.9 Å². The second kappa shape index (κ2) is 24.7. The largest absolute Gasteiger partial charge is 0.508 e. The predicted molar refractivity (Wildman–Crippen MR) is 336 cm³/mol. The maximum Gasteiger partial charge on any atom is 0.318 e. The Balaban J connectivity index is 0.991. The molecule has 17 nitrogen and oxygen atoms in total. The maximum absolute atomic E-state index is 15.6. The van der Waals surface area contributed by atoms with Crippen LogP contribution in [0, 0.1) is 46.8 Å². The van der Waals surface area contributed by atoms with Gasteiger partial charge in [-0.1, -0.05) is 54.3 Å². The van der Waals surface area contributed by atoms with Crippen molar-refractivity contribution in [2.24, 2.45) is 35.0 Å². The fourth-order valence-electron chi connectivity index (χ4n) is 17.9. The molecule has 5 heterocycles. The molecule has 7 aromatic rings. The number of aromatic hydroxyl groups is 3. The zero-order valence-electron chi connectivity index (χ0n) is 50.5. The molecule has 2 bridgehead atoms. The number of Topliss-reactive ketones (excluding diaryl/α,β-unsaturated/α-hetero) is 1. The standard InChI is InChI=1S/C72H82N4O13/c1-40(79)56-19-21-67(76-59-22-23-73-58(59)36-60(76)42-9-7-11-45(80)29-42)72(75-56)39-71(38-44(72)10-8-24-77)37-43-30-54-51-34-63(85)64(87-2)35-52(51)53(69(43)50-18-17-46(81)32-55(50)71)31-47(82)33-66(62(84)27-41-16-20-61(83)65(28-41)88-26-25-78)89-68(86)15-6-4-13-49-48-12-3-5-14-57(48)74-70(49)54/h3,5,7,9,11-12,14,16,20,22-23,28-30,34-36,40,43-44,46,50,53,55-56,62,66-67,69,73-75,77-81,83-85H,8,10,13,15,17-19,21,24-27,31-33,37-39H2,1-2H3. The lowest BCUT2D eigenvalue weighted by atomic mass is 9.47. The lowest BCUT2D eigenvalue weighted by Gasteiger charge is -2.58. The monoisotopic (exact) mass is 1210 g/mol. The number of ether oxygens (including phenoxy) is 3. The van der Waals surface area contributed by atoms with Crippen LogP contribution in [0.2, 0.25) is 0 Å². The normalized spacial score (nSPS) is 29.3. The number of cyclic esters (lactones) is 1. The first-order valence-corrected chi connectivity index (χ1v) is 31.9. The van der Waals surface area contributed by atoms with Crippen LogP contribution in [0.25, 0.3) is 38.8 Å². The summed E-state index contributed by atoms with van der Waals surface area (Å²) in [7, 11) is 1.52. The number of piperidine rings is 1. The topological polar surface area (TPSA) is 272 Å². The van der Waals surface area contributed by atoms with Crippen molar-refractivity contribution in [3.05, 3.63) is 131 Å². The molecule has 11 N–H and O–H groups in total. The molecule has 468 valence electrons. The Morgan fingerprint density at radius 2 is 1.70 bits per heavy atom. The number of aromatic amines is 2. The number of aliphatic hydroxyl groups is 5. The van der Waals surface area contributed by atoms with Crippen molar-refractivity contribution in [3.8, 4) is 51.8 Å². The molecule has 14 unspecified atom stereocenters. The van der Waals surface area contributed by atoms with Crippen molar-refractivity contribution >= 4 is 39.3 Å². The van der Waals surface area contributed by atoms with E-state index in [1.165, 1.54) is 13.2 Å². The quantitative estimate of drug-likeness (QED) is 0.0379. The van der Waals surface area contributed by atoms with Crippen molar-refractivity contribution < 1.29 is 64.7 Å². The van der Waals surface area contributed by atoms with E-state index in [4.69, 9.17) is 14.2 Å². The highest BCUT2D eigenvalue weighted by Gasteiger charge is 2.66. The average Bonchev–Trinajstić information content (AvgIpc) is 1.57. The van der Waals surface area contributed by atoms with Gasteiger partial charge in [0.15, 0.2) is 23.0 Å². The number of nitrogens with zero attached hydrogens (tertiary/aromatic N) is 1. The zero-order chi connectivity index (χ0) is 61.9. The molecule has 4 aromatic carbocycles. The Morgan fingerprint density at radius 3 is 2.51 bits per heavy atom. The third-order valence-corrected chi connectivity index (χ3v) is 21.4. The van der Waals surface area contributed by atoms with E-state index in [0.717, 1.165) is 74.0 Å². The smallest absolute Gasteiger partial charge is 0.318 e. The number of H-pyrrole nitrogens is 2. The van der Waals surface area contributed by atoms with Crippen LogP contribution in [0.15, 0.2) is 103 Å². The minimum absolute atomic E-state index is 0.00244. The number of benzene rings is 4. The first-order chi connectivity index (χ1) is 43.1. The molecule has 1 saturated heterocycles. The highest BCUT2D eigenvalue weighted by molar-refractivity contribution is 5.95. The number of para-hydroxylation sites is 1. The molecule has 14 atom stereocenters.